The van der Waals surface area contributed by atoms with Crippen LogP contribution in [0.2, 0.25) is 0 Å². The van der Waals surface area contributed by atoms with Gasteiger partial charge in [0, 0.05) is 38.2 Å². The Balaban J connectivity index is 1.70. The van der Waals surface area contributed by atoms with Crippen LogP contribution in [-0.2, 0) is 17.6 Å². The van der Waals surface area contributed by atoms with Gasteiger partial charge in [0.2, 0.25) is 11.0 Å². The molecule has 0 fully saturated rings. The number of aromatic nitrogens is 4. The van der Waals surface area contributed by atoms with Crippen LogP contribution < -0.4 is 10.6 Å². The Labute approximate surface area is 205 Å². The highest BCUT2D eigenvalue weighted by atomic mass is 32.1. The number of aliphatic imine (C=N–C) groups is 1. The summed E-state index contributed by atoms with van der Waals surface area (Å²) in [4.78, 5) is 16.0. The molecule has 180 valence electrons. The van der Waals surface area contributed by atoms with Gasteiger partial charge in [-0.1, -0.05) is 48.3 Å². The molecular weight excluding hydrogens is 446 g/mol. The highest BCUT2D eigenvalue weighted by Gasteiger charge is 2.08. The second-order valence-corrected chi connectivity index (χ2v) is 9.19. The molecule has 34 heavy (non-hydrogen) atoms. The van der Waals surface area contributed by atoms with E-state index in [0.717, 1.165) is 63.9 Å². The second-order valence-electron chi connectivity index (χ2n) is 8.13. The van der Waals surface area contributed by atoms with E-state index in [4.69, 9.17) is 0 Å². The fourth-order valence-electron chi connectivity index (χ4n) is 3.16. The lowest BCUT2D eigenvalue weighted by Crippen LogP contribution is -2.13. The van der Waals surface area contributed by atoms with Crippen LogP contribution >= 0.6 is 11.3 Å². The molecule has 0 saturated carbocycles. The summed E-state index contributed by atoms with van der Waals surface area (Å²) in [5.41, 5.74) is 4.45. The van der Waals surface area contributed by atoms with Gasteiger partial charge in [0.25, 0.3) is 0 Å². The number of carbonyl (C=O) groups excluding carboxylic acids is 1. The summed E-state index contributed by atoms with van der Waals surface area (Å²) < 4.78 is 0. The molecular formula is C25H33N7OS. The summed E-state index contributed by atoms with van der Waals surface area (Å²) in [6, 6.07) is 3.68. The zero-order chi connectivity index (χ0) is 24.9. The number of anilines is 2. The van der Waals surface area contributed by atoms with Crippen molar-refractivity contribution in [3.8, 4) is 0 Å². The molecule has 1 amide bonds. The number of aryl methyl sites for hydroxylation is 2. The zero-order valence-corrected chi connectivity index (χ0v) is 21.0. The van der Waals surface area contributed by atoms with Gasteiger partial charge < -0.3 is 10.6 Å². The fraction of sp³-hybridized carbons (Fsp3) is 0.360. The van der Waals surface area contributed by atoms with Crippen molar-refractivity contribution in [1.82, 2.24) is 20.4 Å². The first-order valence-electron chi connectivity index (χ1n) is 11.1. The van der Waals surface area contributed by atoms with Crippen molar-refractivity contribution < 1.29 is 4.79 Å². The first-order valence-corrected chi connectivity index (χ1v) is 11.9. The molecule has 0 aromatic carbocycles. The fourth-order valence-corrected chi connectivity index (χ4v) is 3.99. The minimum atomic E-state index is -0.119. The lowest BCUT2D eigenvalue weighted by atomic mass is 10.1. The molecule has 2 heterocycles. The van der Waals surface area contributed by atoms with Crippen LogP contribution in [0.25, 0.3) is 0 Å². The molecule has 8 nitrogen and oxygen atoms in total. The number of hydrogen-bond donors (Lipinski definition) is 2. The van der Waals surface area contributed by atoms with Crippen LogP contribution in [0.3, 0.4) is 0 Å². The van der Waals surface area contributed by atoms with E-state index in [1.165, 1.54) is 11.3 Å². The van der Waals surface area contributed by atoms with Gasteiger partial charge in [0.15, 0.2) is 5.82 Å². The molecule has 9 heteroatoms. The van der Waals surface area contributed by atoms with E-state index < -0.39 is 0 Å². The third kappa shape index (κ3) is 10.4. The quantitative estimate of drug-likeness (QED) is 0.216. The Morgan fingerprint density at radius 2 is 1.79 bits per heavy atom. The van der Waals surface area contributed by atoms with E-state index in [1.807, 2.05) is 26.0 Å². The topological polar surface area (TPSA) is 105 Å². The Morgan fingerprint density at radius 1 is 1.03 bits per heavy atom. The maximum atomic E-state index is 12.1. The van der Waals surface area contributed by atoms with E-state index in [9.17, 15) is 4.79 Å². The van der Waals surface area contributed by atoms with Gasteiger partial charge in [0.1, 0.15) is 5.01 Å². The molecule has 2 N–H and O–H groups in total. The summed E-state index contributed by atoms with van der Waals surface area (Å²) in [5.74, 6) is 0.337. The summed E-state index contributed by atoms with van der Waals surface area (Å²) in [6.45, 7) is 15.5. The van der Waals surface area contributed by atoms with Gasteiger partial charge >= 0.3 is 0 Å². The maximum absolute atomic E-state index is 12.1. The highest BCUT2D eigenvalue weighted by molar-refractivity contribution is 7.15. The molecule has 0 aliphatic carbocycles. The molecule has 0 bridgehead atoms. The molecule has 2 rings (SSSR count). The predicted octanol–water partition coefficient (Wildman–Crippen LogP) is 5.32. The van der Waals surface area contributed by atoms with Crippen molar-refractivity contribution in [1.29, 1.82) is 0 Å². The number of nitrogens with one attached hydrogen (secondary N) is 2. The molecule has 0 atom stereocenters. The van der Waals surface area contributed by atoms with Crippen molar-refractivity contribution in [2.24, 2.45) is 4.99 Å². The molecule has 0 aliphatic rings. The lowest BCUT2D eigenvalue weighted by molar-refractivity contribution is -0.115. The van der Waals surface area contributed by atoms with Gasteiger partial charge in [-0.3, -0.25) is 9.79 Å². The molecule has 2 aromatic heterocycles. The van der Waals surface area contributed by atoms with Crippen molar-refractivity contribution in [2.75, 3.05) is 17.7 Å². The van der Waals surface area contributed by atoms with Crippen LogP contribution in [0.5, 0.6) is 0 Å². The number of unbranched alkanes of at least 4 members (excludes halogenated alkanes) is 1. The van der Waals surface area contributed by atoms with Gasteiger partial charge in [-0.05, 0) is 50.8 Å². The summed E-state index contributed by atoms with van der Waals surface area (Å²) in [5, 5.41) is 24.4. The van der Waals surface area contributed by atoms with Crippen LogP contribution in [0.15, 0.2) is 65.4 Å². The lowest BCUT2D eigenvalue weighted by Gasteiger charge is -2.05. The summed E-state index contributed by atoms with van der Waals surface area (Å²) >= 11 is 1.53. The van der Waals surface area contributed by atoms with Gasteiger partial charge in [-0.25, -0.2) is 0 Å². The molecule has 0 radical (unpaired) electrons. The second kappa shape index (κ2) is 13.9. The van der Waals surface area contributed by atoms with E-state index in [-0.39, 0.29) is 5.91 Å². The summed E-state index contributed by atoms with van der Waals surface area (Å²) in [6.07, 6.45) is 8.11. The van der Waals surface area contributed by atoms with Crippen LogP contribution in [0, 0.1) is 0 Å². The van der Waals surface area contributed by atoms with Gasteiger partial charge in [-0.15, -0.1) is 15.3 Å². The monoisotopic (exact) mass is 479 g/mol. The van der Waals surface area contributed by atoms with Crippen LogP contribution in [-0.4, -0.2) is 39.6 Å². The number of amides is 1. The molecule has 0 saturated heterocycles. The third-order valence-corrected chi connectivity index (χ3v) is 5.39. The predicted molar refractivity (Wildman–Crippen MR) is 141 cm³/mol. The molecule has 0 aliphatic heterocycles. The van der Waals surface area contributed by atoms with E-state index in [1.54, 1.807) is 19.3 Å². The SMILES string of the molecule is C=C(C)/C=C(\C)CC(=O)Nc1ccc(CCCCc2nnc(NC(=C)CC(=C)C=NC)s2)nn1. The maximum Gasteiger partial charge on any atom is 0.229 e. The number of nitrogens with zero attached hydrogens (tertiary/aromatic N) is 5. The van der Waals surface area contributed by atoms with E-state index in [0.29, 0.717) is 18.7 Å². The first-order chi connectivity index (χ1) is 16.2. The average molecular weight is 480 g/mol. The Bertz CT molecular complexity index is 1070. The minimum absolute atomic E-state index is 0.119. The standard InChI is InChI=1S/C25H33N7OS/c1-17(2)13-18(3)15-23(33)28-22-12-11-21(29-30-22)9-7-8-10-24-31-32-25(34-24)27-20(5)14-19(4)16-26-6/h11-13,16H,1,4-5,7-10,14-15H2,2-3,6H3,(H,27,32)(H,28,30,33)/b18-13+,26-16?. The Kier molecular flexibility index (Phi) is 11.0. The third-order valence-electron chi connectivity index (χ3n) is 4.50. The first kappa shape index (κ1) is 26.8. The highest BCUT2D eigenvalue weighted by Crippen LogP contribution is 2.20. The number of carbonyl (C=O) groups is 1. The number of rotatable bonds is 14. The van der Waals surface area contributed by atoms with Crippen molar-refractivity contribution in [3.63, 3.8) is 0 Å². The summed E-state index contributed by atoms with van der Waals surface area (Å²) in [7, 11) is 1.71. The van der Waals surface area contributed by atoms with Gasteiger partial charge in [0.05, 0.1) is 5.69 Å². The van der Waals surface area contributed by atoms with Crippen LogP contribution in [0.1, 0.15) is 50.2 Å². The van der Waals surface area contributed by atoms with Crippen molar-refractivity contribution in [3.05, 3.63) is 71.1 Å². The Hall–Kier alpha value is -3.46. The van der Waals surface area contributed by atoms with Gasteiger partial charge in [-0.2, -0.15) is 5.10 Å². The normalized spacial score (nSPS) is 11.4. The smallest absolute Gasteiger partial charge is 0.229 e. The molecule has 2 aromatic rings. The van der Waals surface area contributed by atoms with Crippen LogP contribution in [0.4, 0.5) is 10.9 Å². The largest absolute Gasteiger partial charge is 0.334 e. The van der Waals surface area contributed by atoms with Crippen molar-refractivity contribution >= 4 is 34.4 Å². The van der Waals surface area contributed by atoms with E-state index in [2.05, 4.69) is 55.8 Å². The molecule has 0 unspecified atom stereocenters. The van der Waals surface area contributed by atoms with Crippen molar-refractivity contribution in [2.45, 2.75) is 52.4 Å². The number of allylic oxidation sites excluding steroid dienone is 3. The number of hydrogen-bond acceptors (Lipinski definition) is 8. The minimum Gasteiger partial charge on any atom is -0.334 e. The van der Waals surface area contributed by atoms with E-state index >= 15 is 0 Å². The average Bonchev–Trinajstić information content (AvgIpc) is 3.18. The Morgan fingerprint density at radius 3 is 2.47 bits per heavy atom. The molecule has 0 spiro atoms. The zero-order valence-electron chi connectivity index (χ0n) is 20.2.